The first kappa shape index (κ1) is 11.0. The Kier molecular flexibility index (Phi) is 3.43. The summed E-state index contributed by atoms with van der Waals surface area (Å²) in [5.41, 5.74) is 1.28. The maximum atomic E-state index is 8.50. The smallest absolute Gasteiger partial charge is 0.119 e. The van der Waals surface area contributed by atoms with Gasteiger partial charge in [-0.15, -0.1) is 0 Å². The number of hydrogen-bond acceptors (Lipinski definition) is 3. The number of benzene rings is 1. The molecule has 1 aliphatic heterocycles. The Bertz CT molecular complexity index is 397. The van der Waals surface area contributed by atoms with E-state index in [1.165, 1.54) is 5.56 Å². The van der Waals surface area contributed by atoms with E-state index in [1.807, 2.05) is 12.1 Å². The Balaban J connectivity index is 1.84. The van der Waals surface area contributed by atoms with E-state index in [0.717, 1.165) is 25.3 Å². The Morgan fingerprint density at radius 2 is 2.44 bits per heavy atom. The molecule has 1 saturated heterocycles. The Morgan fingerprint density at radius 3 is 3.19 bits per heavy atom. The fourth-order valence-corrected chi connectivity index (χ4v) is 1.93. The highest BCUT2D eigenvalue weighted by Gasteiger charge is 2.32. The summed E-state index contributed by atoms with van der Waals surface area (Å²) in [7, 11) is 1.69. The van der Waals surface area contributed by atoms with Crippen LogP contribution in [0.25, 0.3) is 0 Å². The van der Waals surface area contributed by atoms with Crippen molar-refractivity contribution in [3.8, 4) is 11.8 Å². The van der Waals surface area contributed by atoms with Crippen molar-refractivity contribution in [2.24, 2.45) is 0 Å². The first-order valence-corrected chi connectivity index (χ1v) is 5.57. The third-order valence-electron chi connectivity index (χ3n) is 2.94. The lowest BCUT2D eigenvalue weighted by Crippen LogP contribution is -2.02. The van der Waals surface area contributed by atoms with E-state index in [0.29, 0.717) is 12.5 Å². The van der Waals surface area contributed by atoms with Gasteiger partial charge in [0.15, 0.2) is 0 Å². The molecule has 1 aromatic rings. The van der Waals surface area contributed by atoms with E-state index < -0.39 is 0 Å². The van der Waals surface area contributed by atoms with E-state index in [4.69, 9.17) is 10.00 Å². The average molecular weight is 216 g/mol. The van der Waals surface area contributed by atoms with Gasteiger partial charge in [-0.25, -0.2) is 0 Å². The van der Waals surface area contributed by atoms with Gasteiger partial charge in [-0.2, -0.15) is 5.26 Å². The van der Waals surface area contributed by atoms with Gasteiger partial charge in [0.1, 0.15) is 5.75 Å². The summed E-state index contributed by atoms with van der Waals surface area (Å²) in [6.07, 6.45) is 1.67. The van der Waals surface area contributed by atoms with Gasteiger partial charge in [0.2, 0.25) is 0 Å². The van der Waals surface area contributed by atoms with Crippen LogP contribution in [0.1, 0.15) is 18.4 Å². The number of nitrogens with zero attached hydrogens (tertiary/aromatic N) is 2. The minimum absolute atomic E-state index is 0.617. The highest BCUT2D eigenvalue weighted by molar-refractivity contribution is 5.28. The van der Waals surface area contributed by atoms with Crippen LogP contribution in [0.4, 0.5) is 0 Å². The topological polar surface area (TPSA) is 36.0 Å². The van der Waals surface area contributed by atoms with E-state index in [9.17, 15) is 0 Å². The monoisotopic (exact) mass is 216 g/mol. The van der Waals surface area contributed by atoms with Gasteiger partial charge in [0.25, 0.3) is 0 Å². The minimum atomic E-state index is 0.617. The summed E-state index contributed by atoms with van der Waals surface area (Å²) in [6, 6.07) is 11.0. The molecule has 0 N–H and O–H groups in total. The molecule has 84 valence electrons. The van der Waals surface area contributed by atoms with Crippen molar-refractivity contribution in [3.63, 3.8) is 0 Å². The van der Waals surface area contributed by atoms with Gasteiger partial charge in [-0.1, -0.05) is 12.1 Å². The molecule has 3 heteroatoms. The van der Waals surface area contributed by atoms with Crippen molar-refractivity contribution in [2.45, 2.75) is 25.4 Å². The number of hydrogen-bond donors (Lipinski definition) is 0. The van der Waals surface area contributed by atoms with Crippen LogP contribution in [0.15, 0.2) is 24.3 Å². The first-order chi connectivity index (χ1) is 7.83. The van der Waals surface area contributed by atoms with Crippen LogP contribution >= 0.6 is 0 Å². The van der Waals surface area contributed by atoms with Crippen molar-refractivity contribution in [2.75, 3.05) is 13.7 Å². The molecule has 2 rings (SSSR count). The summed E-state index contributed by atoms with van der Waals surface area (Å²) in [5.74, 6) is 0.910. The lowest BCUT2D eigenvalue weighted by atomic mass is 10.2. The number of rotatable bonds is 5. The fraction of sp³-hybridized carbons (Fsp3) is 0.462. The maximum absolute atomic E-state index is 8.50. The summed E-state index contributed by atoms with van der Waals surface area (Å²) < 4.78 is 5.19. The van der Waals surface area contributed by atoms with Crippen LogP contribution in [0.2, 0.25) is 0 Å². The molecule has 1 fully saturated rings. The van der Waals surface area contributed by atoms with Crippen molar-refractivity contribution in [1.29, 1.82) is 5.26 Å². The Hall–Kier alpha value is -1.53. The number of ether oxygens (including phenoxy) is 1. The van der Waals surface area contributed by atoms with Crippen molar-refractivity contribution < 1.29 is 4.74 Å². The molecule has 0 radical (unpaired) electrons. The van der Waals surface area contributed by atoms with Crippen molar-refractivity contribution in [1.82, 2.24) is 4.90 Å². The SMILES string of the molecule is COc1cccc(CN2CC2CCC#N)c1. The number of methoxy groups -OCH3 is 1. The van der Waals surface area contributed by atoms with Crippen molar-refractivity contribution in [3.05, 3.63) is 29.8 Å². The van der Waals surface area contributed by atoms with Gasteiger partial charge < -0.3 is 4.74 Å². The molecular weight excluding hydrogens is 200 g/mol. The van der Waals surface area contributed by atoms with E-state index in [-0.39, 0.29) is 0 Å². The third-order valence-corrected chi connectivity index (χ3v) is 2.94. The molecule has 16 heavy (non-hydrogen) atoms. The van der Waals surface area contributed by atoms with Crippen molar-refractivity contribution >= 4 is 0 Å². The van der Waals surface area contributed by atoms with Crippen LogP contribution < -0.4 is 4.74 Å². The van der Waals surface area contributed by atoms with Crippen LogP contribution in [-0.2, 0) is 6.54 Å². The molecule has 0 bridgehead atoms. The van der Waals surface area contributed by atoms with Crippen LogP contribution in [0.5, 0.6) is 5.75 Å². The second kappa shape index (κ2) is 5.00. The molecule has 3 nitrogen and oxygen atoms in total. The molecule has 1 aromatic carbocycles. The predicted molar refractivity (Wildman–Crippen MR) is 62.0 cm³/mol. The second-order valence-corrected chi connectivity index (χ2v) is 4.13. The predicted octanol–water partition coefficient (Wildman–Crippen LogP) is 2.18. The molecule has 1 heterocycles. The molecule has 0 spiro atoms. The van der Waals surface area contributed by atoms with Crippen LogP contribution in [0, 0.1) is 11.3 Å². The summed E-state index contributed by atoms with van der Waals surface area (Å²) in [5, 5.41) is 8.50. The summed E-state index contributed by atoms with van der Waals surface area (Å²) in [6.45, 7) is 2.09. The molecular formula is C13H16N2O. The lowest BCUT2D eigenvalue weighted by molar-refractivity contribution is 0.412. The van der Waals surface area contributed by atoms with Gasteiger partial charge in [0.05, 0.1) is 13.2 Å². The minimum Gasteiger partial charge on any atom is -0.497 e. The van der Waals surface area contributed by atoms with E-state index >= 15 is 0 Å². The van der Waals surface area contributed by atoms with E-state index in [2.05, 4.69) is 23.1 Å². The average Bonchev–Trinajstić information content (AvgIpc) is 3.05. The quantitative estimate of drug-likeness (QED) is 0.708. The van der Waals surface area contributed by atoms with Gasteiger partial charge in [-0.05, 0) is 24.1 Å². The summed E-state index contributed by atoms with van der Waals surface area (Å²) in [4.78, 5) is 2.38. The first-order valence-electron chi connectivity index (χ1n) is 5.57. The second-order valence-electron chi connectivity index (χ2n) is 4.13. The normalized spacial score (nSPS) is 22.5. The van der Waals surface area contributed by atoms with Gasteiger partial charge in [0, 0.05) is 25.6 Å². The molecule has 0 aromatic heterocycles. The van der Waals surface area contributed by atoms with Gasteiger partial charge >= 0.3 is 0 Å². The zero-order chi connectivity index (χ0) is 11.4. The largest absolute Gasteiger partial charge is 0.497 e. The molecule has 0 amide bonds. The molecule has 0 saturated carbocycles. The fourth-order valence-electron chi connectivity index (χ4n) is 1.93. The standard InChI is InChI=1S/C13H16N2O/c1-16-13-6-2-4-11(8-13)9-15-10-12(15)5-3-7-14/h2,4,6,8,12H,3,5,9-10H2,1H3. The molecule has 1 aliphatic rings. The molecule has 2 atom stereocenters. The summed E-state index contributed by atoms with van der Waals surface area (Å²) >= 11 is 0. The highest BCUT2D eigenvalue weighted by Crippen LogP contribution is 2.25. The third kappa shape index (κ3) is 2.74. The van der Waals surface area contributed by atoms with Gasteiger partial charge in [-0.3, -0.25) is 4.90 Å². The number of nitriles is 1. The zero-order valence-electron chi connectivity index (χ0n) is 9.52. The lowest BCUT2D eigenvalue weighted by Gasteiger charge is -2.05. The maximum Gasteiger partial charge on any atom is 0.119 e. The van der Waals surface area contributed by atoms with E-state index in [1.54, 1.807) is 7.11 Å². The molecule has 0 aliphatic carbocycles. The highest BCUT2D eigenvalue weighted by atomic mass is 16.5. The Morgan fingerprint density at radius 1 is 1.56 bits per heavy atom. The Labute approximate surface area is 96.2 Å². The molecule has 2 unspecified atom stereocenters. The van der Waals surface area contributed by atoms with Crippen LogP contribution in [0.3, 0.4) is 0 Å². The van der Waals surface area contributed by atoms with Crippen LogP contribution in [-0.4, -0.2) is 24.6 Å². The zero-order valence-corrected chi connectivity index (χ0v) is 9.52.